The van der Waals surface area contributed by atoms with Crippen molar-refractivity contribution in [1.29, 1.82) is 0 Å². The van der Waals surface area contributed by atoms with E-state index in [1.165, 1.54) is 0 Å². The third kappa shape index (κ3) is 4.47. The van der Waals surface area contributed by atoms with E-state index in [1.54, 1.807) is 13.8 Å². The van der Waals surface area contributed by atoms with Gasteiger partial charge in [-0.15, -0.1) is 0 Å². The van der Waals surface area contributed by atoms with E-state index in [0.29, 0.717) is 12.5 Å². The van der Waals surface area contributed by atoms with E-state index < -0.39 is 30.0 Å². The van der Waals surface area contributed by atoms with Crippen molar-refractivity contribution < 1.29 is 27.5 Å². The molecule has 0 aliphatic rings. The molecule has 0 aromatic heterocycles. The predicted octanol–water partition coefficient (Wildman–Crippen LogP) is 2.80. The van der Waals surface area contributed by atoms with Gasteiger partial charge in [0.15, 0.2) is 5.78 Å². The minimum atomic E-state index is -4.71. The summed E-state index contributed by atoms with van der Waals surface area (Å²) in [7, 11) is 0. The summed E-state index contributed by atoms with van der Waals surface area (Å²) in [5.41, 5.74) is 3.55. The highest BCUT2D eigenvalue weighted by Gasteiger charge is 2.35. The van der Waals surface area contributed by atoms with Crippen molar-refractivity contribution in [2.45, 2.75) is 26.4 Å². The van der Waals surface area contributed by atoms with Crippen LogP contribution in [0.15, 0.2) is 18.2 Å². The number of primary amides is 1. The quantitative estimate of drug-likeness (QED) is 0.878. The highest BCUT2D eigenvalue weighted by atomic mass is 19.4. The van der Waals surface area contributed by atoms with Gasteiger partial charge in [-0.05, 0) is 24.6 Å². The van der Waals surface area contributed by atoms with Crippen LogP contribution >= 0.6 is 0 Å². The number of alkyl halides is 3. The highest BCUT2D eigenvalue weighted by molar-refractivity contribution is 5.93. The number of Topliss-reactive ketones (excluding diaryl/α,β-unsaturated/α-hetero) is 1. The topological polar surface area (TPSA) is 69.4 Å². The number of benzene rings is 1. The van der Waals surface area contributed by atoms with Gasteiger partial charge < -0.3 is 10.5 Å². The molecule has 0 heterocycles. The van der Waals surface area contributed by atoms with Gasteiger partial charge in [-0.1, -0.05) is 13.8 Å². The maximum atomic E-state index is 12.9. The van der Waals surface area contributed by atoms with E-state index >= 15 is 0 Å². The number of hydrogen-bond donors (Lipinski definition) is 1. The van der Waals surface area contributed by atoms with Gasteiger partial charge in [0.2, 0.25) is 5.91 Å². The molecule has 21 heavy (non-hydrogen) atoms. The minimum absolute atomic E-state index is 0.275. The molecule has 0 aliphatic heterocycles. The molecule has 0 radical (unpaired) electrons. The highest BCUT2D eigenvalue weighted by Crippen LogP contribution is 2.36. The van der Waals surface area contributed by atoms with E-state index in [4.69, 9.17) is 10.5 Å². The molecule has 2 N–H and O–H groups in total. The molecule has 1 aromatic carbocycles. The fourth-order valence-corrected chi connectivity index (χ4v) is 1.55. The Balaban J connectivity index is 3.02. The summed E-state index contributed by atoms with van der Waals surface area (Å²) in [5.74, 6) is -2.04. The summed E-state index contributed by atoms with van der Waals surface area (Å²) in [6.07, 6.45) is -4.13. The zero-order valence-electron chi connectivity index (χ0n) is 11.7. The number of carbonyl (C=O) groups excluding carboxylic acids is 2. The van der Waals surface area contributed by atoms with Crippen LogP contribution in [-0.4, -0.2) is 18.3 Å². The lowest BCUT2D eigenvalue weighted by Crippen LogP contribution is -2.20. The number of rotatable bonds is 6. The van der Waals surface area contributed by atoms with E-state index in [0.717, 1.165) is 12.1 Å². The second-order valence-corrected chi connectivity index (χ2v) is 4.64. The Hall–Kier alpha value is -2.05. The Kier molecular flexibility index (Phi) is 5.34. The number of ether oxygens (including phenoxy) is 1. The standard InChI is InChI=1S/C14H16F3NO3/c1-3-8(2)11(19)7-21-12-5-4-9(13(18)20)6-10(12)14(15,16)17/h4-6,8H,3,7H2,1-2H3,(H2,18,20). The molecular formula is C14H16F3NO3. The third-order valence-corrected chi connectivity index (χ3v) is 3.10. The van der Waals surface area contributed by atoms with Crippen molar-refractivity contribution >= 4 is 11.7 Å². The average molecular weight is 303 g/mol. The van der Waals surface area contributed by atoms with Crippen molar-refractivity contribution in [2.24, 2.45) is 11.7 Å². The van der Waals surface area contributed by atoms with Crippen LogP contribution in [0.25, 0.3) is 0 Å². The van der Waals surface area contributed by atoms with E-state index in [9.17, 15) is 22.8 Å². The average Bonchev–Trinajstić information content (AvgIpc) is 2.42. The van der Waals surface area contributed by atoms with Gasteiger partial charge >= 0.3 is 6.18 Å². The molecule has 0 spiro atoms. The smallest absolute Gasteiger partial charge is 0.419 e. The largest absolute Gasteiger partial charge is 0.485 e. The fraction of sp³-hybridized carbons (Fsp3) is 0.429. The van der Waals surface area contributed by atoms with Gasteiger partial charge in [0.25, 0.3) is 0 Å². The minimum Gasteiger partial charge on any atom is -0.485 e. The van der Waals surface area contributed by atoms with Crippen molar-refractivity contribution in [1.82, 2.24) is 0 Å². The summed E-state index contributed by atoms with van der Waals surface area (Å²) in [4.78, 5) is 22.5. The van der Waals surface area contributed by atoms with Gasteiger partial charge in [0.05, 0.1) is 5.56 Å². The predicted molar refractivity (Wildman–Crippen MR) is 69.9 cm³/mol. The van der Waals surface area contributed by atoms with Crippen molar-refractivity contribution in [3.8, 4) is 5.75 Å². The first-order valence-electron chi connectivity index (χ1n) is 6.33. The summed E-state index contributed by atoms with van der Waals surface area (Å²) in [5, 5.41) is 0. The molecular weight excluding hydrogens is 287 g/mol. The number of carbonyl (C=O) groups is 2. The Morgan fingerprint density at radius 3 is 2.43 bits per heavy atom. The van der Waals surface area contributed by atoms with Gasteiger partial charge in [-0.25, -0.2) is 0 Å². The lowest BCUT2D eigenvalue weighted by molar-refractivity contribution is -0.139. The van der Waals surface area contributed by atoms with Crippen LogP contribution in [-0.2, 0) is 11.0 Å². The molecule has 0 saturated heterocycles. The number of amides is 1. The van der Waals surface area contributed by atoms with Crippen LogP contribution in [0.4, 0.5) is 13.2 Å². The van der Waals surface area contributed by atoms with Crippen molar-refractivity contribution in [2.75, 3.05) is 6.61 Å². The molecule has 1 atom stereocenters. The summed E-state index contributed by atoms with van der Waals surface area (Å²) < 4.78 is 43.7. The second-order valence-electron chi connectivity index (χ2n) is 4.64. The number of ketones is 1. The molecule has 1 unspecified atom stereocenters. The van der Waals surface area contributed by atoms with Crippen LogP contribution in [0, 0.1) is 5.92 Å². The summed E-state index contributed by atoms with van der Waals surface area (Å²) >= 11 is 0. The molecule has 1 amide bonds. The van der Waals surface area contributed by atoms with Crippen LogP contribution < -0.4 is 10.5 Å². The molecule has 1 rings (SSSR count). The Bertz CT molecular complexity index is 541. The SMILES string of the molecule is CCC(C)C(=O)COc1ccc(C(N)=O)cc1C(F)(F)F. The van der Waals surface area contributed by atoms with Crippen LogP contribution in [0.3, 0.4) is 0 Å². The molecule has 1 aromatic rings. The summed E-state index contributed by atoms with van der Waals surface area (Å²) in [6.45, 7) is 3.02. The van der Waals surface area contributed by atoms with Crippen LogP contribution in [0.2, 0.25) is 0 Å². The first-order chi connectivity index (χ1) is 9.66. The number of halogens is 3. The van der Waals surface area contributed by atoms with E-state index in [2.05, 4.69) is 0 Å². The molecule has 7 heteroatoms. The van der Waals surface area contributed by atoms with Gasteiger partial charge in [-0.2, -0.15) is 13.2 Å². The maximum absolute atomic E-state index is 12.9. The van der Waals surface area contributed by atoms with Crippen molar-refractivity contribution in [3.63, 3.8) is 0 Å². The second kappa shape index (κ2) is 6.60. The van der Waals surface area contributed by atoms with Gasteiger partial charge in [-0.3, -0.25) is 9.59 Å². The van der Waals surface area contributed by atoms with Gasteiger partial charge in [0.1, 0.15) is 12.4 Å². The molecule has 0 fully saturated rings. The molecule has 0 saturated carbocycles. The molecule has 116 valence electrons. The Morgan fingerprint density at radius 1 is 1.33 bits per heavy atom. The lowest BCUT2D eigenvalue weighted by Gasteiger charge is -2.15. The lowest BCUT2D eigenvalue weighted by atomic mass is 10.0. The maximum Gasteiger partial charge on any atom is 0.419 e. The zero-order chi connectivity index (χ0) is 16.2. The molecule has 4 nitrogen and oxygen atoms in total. The number of hydrogen-bond acceptors (Lipinski definition) is 3. The normalized spacial score (nSPS) is 12.8. The van der Waals surface area contributed by atoms with Crippen LogP contribution in [0.1, 0.15) is 36.2 Å². The summed E-state index contributed by atoms with van der Waals surface area (Å²) in [6, 6.07) is 2.73. The van der Waals surface area contributed by atoms with E-state index in [1.807, 2.05) is 0 Å². The first kappa shape index (κ1) is 17.0. The molecule has 0 aliphatic carbocycles. The molecule has 0 bridgehead atoms. The van der Waals surface area contributed by atoms with Crippen LogP contribution in [0.5, 0.6) is 5.75 Å². The fourth-order valence-electron chi connectivity index (χ4n) is 1.55. The Morgan fingerprint density at radius 2 is 1.95 bits per heavy atom. The Labute approximate surface area is 120 Å². The first-order valence-corrected chi connectivity index (χ1v) is 6.33. The van der Waals surface area contributed by atoms with E-state index in [-0.39, 0.29) is 17.3 Å². The number of nitrogens with two attached hydrogens (primary N) is 1. The van der Waals surface area contributed by atoms with Crippen molar-refractivity contribution in [3.05, 3.63) is 29.3 Å². The monoisotopic (exact) mass is 303 g/mol. The third-order valence-electron chi connectivity index (χ3n) is 3.10. The van der Waals surface area contributed by atoms with Gasteiger partial charge in [0, 0.05) is 11.5 Å². The zero-order valence-corrected chi connectivity index (χ0v) is 11.7.